The van der Waals surface area contributed by atoms with Crippen LogP contribution in [-0.4, -0.2) is 34.1 Å². The van der Waals surface area contributed by atoms with Gasteiger partial charge in [0.1, 0.15) is 11.0 Å². The van der Waals surface area contributed by atoms with E-state index in [4.69, 9.17) is 16.7 Å². The summed E-state index contributed by atoms with van der Waals surface area (Å²) < 4.78 is 0. The molecule has 16 heavy (non-hydrogen) atoms. The highest BCUT2D eigenvalue weighted by Crippen LogP contribution is 2.14. The van der Waals surface area contributed by atoms with E-state index in [1.807, 2.05) is 11.8 Å². The molecule has 1 heterocycles. The van der Waals surface area contributed by atoms with Gasteiger partial charge in [-0.1, -0.05) is 18.5 Å². The smallest absolute Gasteiger partial charge is 0.308 e. The number of hydrogen-bond acceptors (Lipinski definition) is 4. The van der Waals surface area contributed by atoms with Crippen LogP contribution in [0.2, 0.25) is 5.15 Å². The molecule has 1 N–H and O–H groups in total. The number of anilines is 1. The van der Waals surface area contributed by atoms with E-state index >= 15 is 0 Å². The number of aliphatic carboxylic acids is 1. The number of carboxylic acids is 1. The van der Waals surface area contributed by atoms with Crippen LogP contribution in [0.25, 0.3) is 0 Å². The highest BCUT2D eigenvalue weighted by molar-refractivity contribution is 6.29. The van der Waals surface area contributed by atoms with E-state index in [0.717, 1.165) is 0 Å². The third kappa shape index (κ3) is 3.34. The number of rotatable bonds is 5. The fourth-order valence-corrected chi connectivity index (χ4v) is 1.42. The number of carboxylic acid groups (broad SMARTS) is 1. The van der Waals surface area contributed by atoms with Gasteiger partial charge in [0.2, 0.25) is 0 Å². The van der Waals surface area contributed by atoms with Crippen molar-refractivity contribution in [1.29, 1.82) is 0 Å². The van der Waals surface area contributed by atoms with E-state index in [1.54, 1.807) is 13.1 Å². The minimum Gasteiger partial charge on any atom is -0.481 e. The van der Waals surface area contributed by atoms with Gasteiger partial charge in [0, 0.05) is 13.1 Å². The van der Waals surface area contributed by atoms with Crippen molar-refractivity contribution in [3.8, 4) is 0 Å². The molecule has 1 aromatic rings. The van der Waals surface area contributed by atoms with Gasteiger partial charge in [0.05, 0.1) is 18.3 Å². The molecule has 0 spiro atoms. The zero-order valence-corrected chi connectivity index (χ0v) is 9.98. The highest BCUT2D eigenvalue weighted by atomic mass is 35.5. The first kappa shape index (κ1) is 12.7. The summed E-state index contributed by atoms with van der Waals surface area (Å²) >= 11 is 5.73. The van der Waals surface area contributed by atoms with E-state index in [9.17, 15) is 4.79 Å². The Hall–Kier alpha value is -1.36. The average Bonchev–Trinajstić information content (AvgIpc) is 2.25. The molecular weight excluding hydrogens is 230 g/mol. The summed E-state index contributed by atoms with van der Waals surface area (Å²) in [7, 11) is 0. The maximum Gasteiger partial charge on any atom is 0.308 e. The van der Waals surface area contributed by atoms with Crippen molar-refractivity contribution in [3.63, 3.8) is 0 Å². The first-order chi connectivity index (χ1) is 7.54. The number of nitrogens with zero attached hydrogens (tertiary/aromatic N) is 3. The fourth-order valence-electron chi connectivity index (χ4n) is 1.28. The maximum atomic E-state index is 10.8. The Labute approximate surface area is 99.1 Å². The van der Waals surface area contributed by atoms with Gasteiger partial charge < -0.3 is 10.0 Å². The summed E-state index contributed by atoms with van der Waals surface area (Å²) in [6, 6.07) is 0. The first-order valence-corrected chi connectivity index (χ1v) is 5.37. The van der Waals surface area contributed by atoms with Gasteiger partial charge in [-0.05, 0) is 6.92 Å². The summed E-state index contributed by atoms with van der Waals surface area (Å²) in [6.45, 7) is 4.63. The van der Waals surface area contributed by atoms with Gasteiger partial charge in [0.15, 0.2) is 0 Å². The van der Waals surface area contributed by atoms with Gasteiger partial charge >= 0.3 is 5.97 Å². The van der Waals surface area contributed by atoms with Gasteiger partial charge in [-0.25, -0.2) is 4.98 Å². The fraction of sp³-hybridized carbons (Fsp3) is 0.500. The molecular formula is C10H14ClN3O2. The van der Waals surface area contributed by atoms with Crippen LogP contribution in [0.3, 0.4) is 0 Å². The summed E-state index contributed by atoms with van der Waals surface area (Å²) in [5, 5.41) is 9.14. The molecule has 0 aliphatic rings. The van der Waals surface area contributed by atoms with E-state index in [1.165, 1.54) is 6.20 Å². The largest absolute Gasteiger partial charge is 0.481 e. The van der Waals surface area contributed by atoms with Crippen LogP contribution < -0.4 is 4.90 Å². The predicted octanol–water partition coefficient (Wildman–Crippen LogP) is 1.68. The molecule has 0 aliphatic carbocycles. The quantitative estimate of drug-likeness (QED) is 0.852. The molecule has 0 saturated heterocycles. The summed E-state index contributed by atoms with van der Waals surface area (Å²) in [5.74, 6) is -0.683. The molecule has 1 aromatic heterocycles. The van der Waals surface area contributed by atoms with Crippen LogP contribution in [0, 0.1) is 5.92 Å². The lowest BCUT2D eigenvalue weighted by Crippen LogP contribution is -2.32. The lowest BCUT2D eigenvalue weighted by molar-refractivity contribution is -0.140. The van der Waals surface area contributed by atoms with E-state index in [-0.39, 0.29) is 0 Å². The van der Waals surface area contributed by atoms with Crippen molar-refractivity contribution in [2.45, 2.75) is 13.8 Å². The monoisotopic (exact) mass is 243 g/mol. The van der Waals surface area contributed by atoms with Crippen molar-refractivity contribution in [1.82, 2.24) is 9.97 Å². The second-order valence-corrected chi connectivity index (χ2v) is 3.87. The Balaban J connectivity index is 2.78. The second-order valence-electron chi connectivity index (χ2n) is 3.48. The third-order valence-electron chi connectivity index (χ3n) is 2.21. The van der Waals surface area contributed by atoms with Gasteiger partial charge in [-0.2, -0.15) is 0 Å². The molecule has 0 bridgehead atoms. The number of halogens is 1. The zero-order chi connectivity index (χ0) is 12.1. The van der Waals surface area contributed by atoms with Gasteiger partial charge in [0.25, 0.3) is 0 Å². The molecule has 1 rings (SSSR count). The van der Waals surface area contributed by atoms with Crippen LogP contribution in [0.1, 0.15) is 13.8 Å². The third-order valence-corrected chi connectivity index (χ3v) is 2.40. The van der Waals surface area contributed by atoms with Crippen molar-refractivity contribution in [2.24, 2.45) is 5.92 Å². The standard InChI is InChI=1S/C10H14ClN3O2/c1-3-14(6-7(2)10(15)16)9-5-12-4-8(11)13-9/h4-5,7H,3,6H2,1-2H3,(H,15,16). The van der Waals surface area contributed by atoms with Crippen LogP contribution in [0.4, 0.5) is 5.82 Å². The van der Waals surface area contributed by atoms with E-state index in [0.29, 0.717) is 24.1 Å². The minimum atomic E-state index is -0.826. The second kappa shape index (κ2) is 5.65. The van der Waals surface area contributed by atoms with Gasteiger partial charge in [-0.3, -0.25) is 9.78 Å². The molecule has 0 fully saturated rings. The molecule has 0 radical (unpaired) electrons. The van der Waals surface area contributed by atoms with Crippen LogP contribution in [0.5, 0.6) is 0 Å². The summed E-state index contributed by atoms with van der Waals surface area (Å²) in [4.78, 5) is 20.6. The topological polar surface area (TPSA) is 66.3 Å². The van der Waals surface area contributed by atoms with Crippen LogP contribution in [-0.2, 0) is 4.79 Å². The molecule has 0 amide bonds. The minimum absolute atomic E-state index is 0.305. The summed E-state index contributed by atoms with van der Waals surface area (Å²) in [6.07, 6.45) is 3.02. The van der Waals surface area contributed by atoms with E-state index < -0.39 is 11.9 Å². The predicted molar refractivity (Wildman–Crippen MR) is 61.7 cm³/mol. The molecule has 0 aliphatic heterocycles. The van der Waals surface area contributed by atoms with Crippen molar-refractivity contribution in [2.75, 3.05) is 18.0 Å². The lowest BCUT2D eigenvalue weighted by Gasteiger charge is -2.23. The zero-order valence-electron chi connectivity index (χ0n) is 9.22. The Kier molecular flexibility index (Phi) is 4.49. The van der Waals surface area contributed by atoms with Gasteiger partial charge in [-0.15, -0.1) is 0 Å². The first-order valence-electron chi connectivity index (χ1n) is 5.00. The number of aromatic nitrogens is 2. The molecule has 88 valence electrons. The Morgan fingerprint density at radius 2 is 2.31 bits per heavy atom. The molecule has 1 atom stereocenters. The molecule has 0 aromatic carbocycles. The normalized spacial score (nSPS) is 12.2. The molecule has 6 heteroatoms. The van der Waals surface area contributed by atoms with Crippen molar-refractivity contribution < 1.29 is 9.90 Å². The Morgan fingerprint density at radius 3 is 2.81 bits per heavy atom. The maximum absolute atomic E-state index is 10.8. The number of carbonyl (C=O) groups is 1. The molecule has 1 unspecified atom stereocenters. The number of hydrogen-bond donors (Lipinski definition) is 1. The summed E-state index contributed by atoms with van der Waals surface area (Å²) in [5.41, 5.74) is 0. The van der Waals surface area contributed by atoms with Crippen LogP contribution in [0.15, 0.2) is 12.4 Å². The van der Waals surface area contributed by atoms with Crippen LogP contribution >= 0.6 is 11.6 Å². The average molecular weight is 244 g/mol. The molecule has 0 saturated carbocycles. The van der Waals surface area contributed by atoms with E-state index in [2.05, 4.69) is 9.97 Å². The highest BCUT2D eigenvalue weighted by Gasteiger charge is 2.16. The molecule has 5 nitrogen and oxygen atoms in total. The Morgan fingerprint density at radius 1 is 1.62 bits per heavy atom. The SMILES string of the molecule is CCN(CC(C)C(=O)O)c1cncc(Cl)n1. The lowest BCUT2D eigenvalue weighted by atomic mass is 10.2. The van der Waals surface area contributed by atoms with Crippen molar-refractivity contribution >= 4 is 23.4 Å². The van der Waals surface area contributed by atoms with Crippen molar-refractivity contribution in [3.05, 3.63) is 17.5 Å². The Bertz CT molecular complexity index is 373.